The third-order valence-corrected chi connectivity index (χ3v) is 6.00. The number of carbonyl (C=O) groups is 1. The normalized spacial score (nSPS) is 15.2. The van der Waals surface area contributed by atoms with Gasteiger partial charge in [0, 0.05) is 11.4 Å². The van der Waals surface area contributed by atoms with Crippen LogP contribution < -0.4 is 5.32 Å². The molecule has 1 atom stereocenters. The Morgan fingerprint density at radius 1 is 1.21 bits per heavy atom. The highest BCUT2D eigenvalue weighted by Gasteiger charge is 2.19. The van der Waals surface area contributed by atoms with Gasteiger partial charge in [0.15, 0.2) is 0 Å². The number of rotatable bonds is 5. The quantitative estimate of drug-likeness (QED) is 0.892. The number of fused-ring (bicyclic) bond motifs is 1. The summed E-state index contributed by atoms with van der Waals surface area (Å²) < 4.78 is 0. The first-order valence-corrected chi connectivity index (χ1v) is 9.49. The summed E-state index contributed by atoms with van der Waals surface area (Å²) in [7, 11) is 4.11. The van der Waals surface area contributed by atoms with Crippen LogP contribution in [-0.4, -0.2) is 31.4 Å². The average Bonchev–Trinajstić information content (AvgIpc) is 3.00. The van der Waals surface area contributed by atoms with E-state index in [1.807, 2.05) is 0 Å². The van der Waals surface area contributed by atoms with Crippen molar-refractivity contribution in [3.63, 3.8) is 0 Å². The first-order valence-electron chi connectivity index (χ1n) is 8.67. The Morgan fingerprint density at radius 3 is 2.58 bits per heavy atom. The van der Waals surface area contributed by atoms with Crippen molar-refractivity contribution in [3.05, 3.63) is 56.8 Å². The van der Waals surface area contributed by atoms with Gasteiger partial charge >= 0.3 is 0 Å². The van der Waals surface area contributed by atoms with Crippen molar-refractivity contribution in [2.45, 2.75) is 38.6 Å². The first-order chi connectivity index (χ1) is 11.5. The van der Waals surface area contributed by atoms with E-state index in [0.29, 0.717) is 6.54 Å². The number of nitrogens with one attached hydrogen (secondary N) is 1. The minimum Gasteiger partial charge on any atom is -0.349 e. The molecular weight excluding hydrogens is 316 g/mol. The SMILES string of the molecule is Cc1ccc(C(CNC(=O)c2cc3c(s2)CCCC3)N(C)C)cc1. The number of nitrogens with zero attached hydrogens (tertiary/aromatic N) is 1. The highest BCUT2D eigenvalue weighted by Crippen LogP contribution is 2.29. The van der Waals surface area contributed by atoms with Gasteiger partial charge in [0.25, 0.3) is 5.91 Å². The summed E-state index contributed by atoms with van der Waals surface area (Å²) in [5, 5.41) is 3.13. The fourth-order valence-electron chi connectivity index (χ4n) is 3.27. The van der Waals surface area contributed by atoms with E-state index in [9.17, 15) is 4.79 Å². The van der Waals surface area contributed by atoms with E-state index in [-0.39, 0.29) is 11.9 Å². The van der Waals surface area contributed by atoms with Gasteiger partial charge in [-0.15, -0.1) is 11.3 Å². The maximum atomic E-state index is 12.6. The fraction of sp³-hybridized carbons (Fsp3) is 0.450. The fourth-order valence-corrected chi connectivity index (χ4v) is 4.44. The average molecular weight is 343 g/mol. The summed E-state index contributed by atoms with van der Waals surface area (Å²) in [6.45, 7) is 2.71. The molecule has 1 heterocycles. The maximum Gasteiger partial charge on any atom is 0.261 e. The molecule has 4 heteroatoms. The van der Waals surface area contributed by atoms with Gasteiger partial charge in [-0.1, -0.05) is 29.8 Å². The highest BCUT2D eigenvalue weighted by molar-refractivity contribution is 7.14. The molecule has 24 heavy (non-hydrogen) atoms. The van der Waals surface area contributed by atoms with Crippen molar-refractivity contribution in [1.29, 1.82) is 0 Å². The Morgan fingerprint density at radius 2 is 1.92 bits per heavy atom. The largest absolute Gasteiger partial charge is 0.349 e. The van der Waals surface area contributed by atoms with Crippen LogP contribution in [-0.2, 0) is 12.8 Å². The van der Waals surface area contributed by atoms with Gasteiger partial charge in [-0.2, -0.15) is 0 Å². The van der Waals surface area contributed by atoms with E-state index in [4.69, 9.17) is 0 Å². The van der Waals surface area contributed by atoms with Crippen molar-refractivity contribution in [3.8, 4) is 0 Å². The number of thiophene rings is 1. The van der Waals surface area contributed by atoms with Crippen LogP contribution in [0.5, 0.6) is 0 Å². The monoisotopic (exact) mass is 342 g/mol. The Bertz CT molecular complexity index is 679. The number of hydrogen-bond acceptors (Lipinski definition) is 3. The second-order valence-electron chi connectivity index (χ2n) is 6.87. The van der Waals surface area contributed by atoms with Crippen LogP contribution >= 0.6 is 11.3 Å². The molecule has 1 N–H and O–H groups in total. The Balaban J connectivity index is 1.67. The first kappa shape index (κ1) is 17.2. The number of benzene rings is 1. The van der Waals surface area contributed by atoms with Gasteiger partial charge in [-0.25, -0.2) is 0 Å². The van der Waals surface area contributed by atoms with E-state index >= 15 is 0 Å². The Labute approximate surface area is 148 Å². The lowest BCUT2D eigenvalue weighted by atomic mass is 9.99. The summed E-state index contributed by atoms with van der Waals surface area (Å²) in [6.07, 6.45) is 4.77. The molecule has 1 aliphatic rings. The van der Waals surface area contributed by atoms with E-state index < -0.39 is 0 Å². The number of amides is 1. The smallest absolute Gasteiger partial charge is 0.261 e. The van der Waals surface area contributed by atoms with Crippen LogP contribution in [0.1, 0.15) is 50.1 Å². The zero-order valence-electron chi connectivity index (χ0n) is 14.8. The van der Waals surface area contributed by atoms with Gasteiger partial charge in [-0.05, 0) is 63.9 Å². The molecule has 0 fully saturated rings. The van der Waals surface area contributed by atoms with Crippen LogP contribution in [0, 0.1) is 6.92 Å². The summed E-state index contributed by atoms with van der Waals surface area (Å²) >= 11 is 1.68. The minimum atomic E-state index is 0.0633. The summed E-state index contributed by atoms with van der Waals surface area (Å²) in [5.41, 5.74) is 3.87. The van der Waals surface area contributed by atoms with E-state index in [2.05, 4.69) is 61.6 Å². The zero-order chi connectivity index (χ0) is 17.1. The van der Waals surface area contributed by atoms with Crippen LogP contribution in [0.2, 0.25) is 0 Å². The summed E-state index contributed by atoms with van der Waals surface area (Å²) in [6, 6.07) is 10.8. The van der Waals surface area contributed by atoms with Crippen molar-refractivity contribution < 1.29 is 4.79 Å². The van der Waals surface area contributed by atoms with Gasteiger partial charge in [-0.3, -0.25) is 4.79 Å². The van der Waals surface area contributed by atoms with E-state index in [1.165, 1.54) is 34.4 Å². The lowest BCUT2D eigenvalue weighted by molar-refractivity contribution is 0.0946. The van der Waals surface area contributed by atoms with Crippen molar-refractivity contribution in [1.82, 2.24) is 10.2 Å². The lowest BCUT2D eigenvalue weighted by Gasteiger charge is -2.25. The second kappa shape index (κ2) is 7.49. The molecule has 3 rings (SSSR count). The summed E-state index contributed by atoms with van der Waals surface area (Å²) in [4.78, 5) is 17.0. The molecule has 1 amide bonds. The molecule has 1 aromatic heterocycles. The lowest BCUT2D eigenvalue weighted by Crippen LogP contribution is -2.34. The standard InChI is InChI=1S/C20H26N2OS/c1-14-8-10-15(11-9-14)17(22(2)3)13-21-20(23)19-12-16-6-4-5-7-18(16)24-19/h8-12,17H,4-7,13H2,1-3H3,(H,21,23). The topological polar surface area (TPSA) is 32.3 Å². The molecule has 0 aliphatic heterocycles. The Kier molecular flexibility index (Phi) is 5.36. The molecular formula is C20H26N2OS. The molecule has 0 radical (unpaired) electrons. The molecule has 0 spiro atoms. The predicted molar refractivity (Wildman–Crippen MR) is 101 cm³/mol. The minimum absolute atomic E-state index is 0.0633. The van der Waals surface area contributed by atoms with E-state index in [1.54, 1.807) is 11.3 Å². The van der Waals surface area contributed by atoms with Gasteiger partial charge in [0.05, 0.1) is 10.9 Å². The molecule has 0 saturated heterocycles. The van der Waals surface area contributed by atoms with Gasteiger partial charge < -0.3 is 10.2 Å². The maximum absolute atomic E-state index is 12.6. The third-order valence-electron chi connectivity index (χ3n) is 4.76. The number of carbonyl (C=O) groups excluding carboxylic acids is 1. The number of aryl methyl sites for hydroxylation is 3. The van der Waals surface area contributed by atoms with Gasteiger partial charge in [0.1, 0.15) is 0 Å². The Hall–Kier alpha value is -1.65. The van der Waals surface area contributed by atoms with E-state index in [0.717, 1.165) is 17.7 Å². The molecule has 0 bridgehead atoms. The van der Waals surface area contributed by atoms with Crippen molar-refractivity contribution in [2.24, 2.45) is 0 Å². The highest BCUT2D eigenvalue weighted by atomic mass is 32.1. The number of likely N-dealkylation sites (N-methyl/N-ethyl adjacent to an activating group) is 1. The van der Waals surface area contributed by atoms with Gasteiger partial charge in [0.2, 0.25) is 0 Å². The molecule has 128 valence electrons. The van der Waals surface area contributed by atoms with Crippen LogP contribution in [0.25, 0.3) is 0 Å². The zero-order valence-corrected chi connectivity index (χ0v) is 15.6. The second-order valence-corrected chi connectivity index (χ2v) is 8.00. The van der Waals surface area contributed by atoms with Crippen molar-refractivity contribution >= 4 is 17.2 Å². The molecule has 3 nitrogen and oxygen atoms in total. The molecule has 2 aromatic rings. The number of hydrogen-bond donors (Lipinski definition) is 1. The molecule has 1 aromatic carbocycles. The molecule has 0 saturated carbocycles. The van der Waals surface area contributed by atoms with Crippen LogP contribution in [0.3, 0.4) is 0 Å². The van der Waals surface area contributed by atoms with Crippen LogP contribution in [0.15, 0.2) is 30.3 Å². The summed E-state index contributed by atoms with van der Waals surface area (Å²) in [5.74, 6) is 0.0633. The van der Waals surface area contributed by atoms with Crippen molar-refractivity contribution in [2.75, 3.05) is 20.6 Å². The predicted octanol–water partition coefficient (Wildman–Crippen LogP) is 3.97. The molecule has 1 unspecified atom stereocenters. The van der Waals surface area contributed by atoms with Crippen LogP contribution in [0.4, 0.5) is 0 Å². The molecule has 1 aliphatic carbocycles. The third kappa shape index (κ3) is 3.87.